The number of hydrogen-bond donors (Lipinski definition) is 2. The molecule has 1 aromatic heterocycles. The van der Waals surface area contributed by atoms with Gasteiger partial charge < -0.3 is 15.5 Å². The van der Waals surface area contributed by atoms with Crippen LogP contribution in [0.1, 0.15) is 45.4 Å². The number of hydrogen-bond acceptors (Lipinski definition) is 4. The van der Waals surface area contributed by atoms with Crippen LogP contribution in [-0.4, -0.2) is 16.9 Å². The van der Waals surface area contributed by atoms with Crippen molar-refractivity contribution in [1.29, 1.82) is 0 Å². The minimum Gasteiger partial charge on any atom is -0.440 e. The fraction of sp³-hybridized carbons (Fsp3) is 0.467. The van der Waals surface area contributed by atoms with Crippen molar-refractivity contribution in [2.24, 2.45) is 5.73 Å². The van der Waals surface area contributed by atoms with Crippen LogP contribution in [0.15, 0.2) is 22.6 Å². The van der Waals surface area contributed by atoms with Crippen LogP contribution < -0.4 is 11.1 Å². The van der Waals surface area contributed by atoms with Crippen molar-refractivity contribution in [3.8, 4) is 0 Å². The topological polar surface area (TPSA) is 81.2 Å². The van der Waals surface area contributed by atoms with Gasteiger partial charge in [0.25, 0.3) is 0 Å². The van der Waals surface area contributed by atoms with Gasteiger partial charge in [-0.05, 0) is 31.5 Å². The predicted octanol–water partition coefficient (Wildman–Crippen LogP) is 3.02. The molecule has 0 fully saturated rings. The molecule has 0 spiro atoms. The lowest BCUT2D eigenvalue weighted by atomic mass is 10.2. The number of benzene rings is 1. The monoisotopic (exact) mass is 275 g/mol. The molecular weight excluding hydrogens is 254 g/mol. The molecule has 3 N–H and O–H groups in total. The third-order valence-corrected chi connectivity index (χ3v) is 3.01. The molecule has 0 aliphatic heterocycles. The molecule has 20 heavy (non-hydrogen) atoms. The minimum atomic E-state index is -0.0331. The van der Waals surface area contributed by atoms with Gasteiger partial charge in [-0.15, -0.1) is 0 Å². The zero-order valence-electron chi connectivity index (χ0n) is 12.1. The van der Waals surface area contributed by atoms with Gasteiger partial charge in [0.15, 0.2) is 11.5 Å². The van der Waals surface area contributed by atoms with Gasteiger partial charge in [-0.25, -0.2) is 4.98 Å². The number of carbonyl (C=O) groups is 1. The highest BCUT2D eigenvalue weighted by Crippen LogP contribution is 2.23. The number of nitrogens with two attached hydrogens (primary N) is 1. The summed E-state index contributed by atoms with van der Waals surface area (Å²) in [6.07, 6.45) is 1.10. The molecule has 2 rings (SSSR count). The van der Waals surface area contributed by atoms with Crippen molar-refractivity contribution in [3.63, 3.8) is 0 Å². The van der Waals surface area contributed by atoms with E-state index in [4.69, 9.17) is 10.2 Å². The van der Waals surface area contributed by atoms with E-state index in [0.717, 1.165) is 16.8 Å². The van der Waals surface area contributed by atoms with E-state index in [9.17, 15) is 4.79 Å². The molecule has 1 atom stereocenters. The Morgan fingerprint density at radius 2 is 2.15 bits per heavy atom. The first-order chi connectivity index (χ1) is 9.45. The quantitative estimate of drug-likeness (QED) is 0.878. The summed E-state index contributed by atoms with van der Waals surface area (Å²) < 4.78 is 5.63. The molecule has 2 aromatic rings. The molecule has 0 saturated heterocycles. The Balaban J connectivity index is 2.09. The van der Waals surface area contributed by atoms with Crippen LogP contribution in [0.3, 0.4) is 0 Å². The van der Waals surface area contributed by atoms with E-state index in [1.807, 2.05) is 39.0 Å². The van der Waals surface area contributed by atoms with E-state index in [1.165, 1.54) is 0 Å². The molecule has 0 saturated carbocycles. The third kappa shape index (κ3) is 3.57. The maximum absolute atomic E-state index is 11.8. The second kappa shape index (κ2) is 6.05. The van der Waals surface area contributed by atoms with Crippen LogP contribution in [0, 0.1) is 0 Å². The van der Waals surface area contributed by atoms with Gasteiger partial charge in [-0.3, -0.25) is 4.79 Å². The number of nitrogens with zero attached hydrogens (tertiary/aromatic N) is 1. The number of amides is 1. The Hall–Kier alpha value is -1.88. The second-order valence-corrected chi connectivity index (χ2v) is 5.45. The molecule has 1 heterocycles. The van der Waals surface area contributed by atoms with E-state index in [2.05, 4.69) is 10.3 Å². The number of fused-ring (bicyclic) bond motifs is 1. The maximum Gasteiger partial charge on any atom is 0.224 e. The average Bonchev–Trinajstić information content (AvgIpc) is 2.79. The fourth-order valence-corrected chi connectivity index (χ4v) is 1.85. The van der Waals surface area contributed by atoms with E-state index in [1.54, 1.807) is 0 Å². The lowest BCUT2D eigenvalue weighted by molar-refractivity contribution is -0.116. The van der Waals surface area contributed by atoms with Crippen molar-refractivity contribution in [2.45, 2.75) is 45.6 Å². The highest BCUT2D eigenvalue weighted by molar-refractivity contribution is 5.92. The maximum atomic E-state index is 11.8. The number of nitrogens with one attached hydrogen (secondary N) is 1. The van der Waals surface area contributed by atoms with E-state index < -0.39 is 0 Å². The SMILES string of the molecule is CC(N)CCC(=O)Nc1ccc2oc(C(C)C)nc2c1. The van der Waals surface area contributed by atoms with Crippen LogP contribution in [0.25, 0.3) is 11.1 Å². The molecule has 0 aliphatic rings. The Kier molecular flexibility index (Phi) is 4.39. The second-order valence-electron chi connectivity index (χ2n) is 5.45. The summed E-state index contributed by atoms with van der Waals surface area (Å²) in [6.45, 7) is 5.95. The van der Waals surface area contributed by atoms with Gasteiger partial charge in [0.2, 0.25) is 5.91 Å². The van der Waals surface area contributed by atoms with Crippen molar-refractivity contribution in [1.82, 2.24) is 4.98 Å². The summed E-state index contributed by atoms with van der Waals surface area (Å²) in [6, 6.07) is 5.51. The summed E-state index contributed by atoms with van der Waals surface area (Å²) in [5.74, 6) is 0.918. The number of oxazole rings is 1. The largest absolute Gasteiger partial charge is 0.440 e. The summed E-state index contributed by atoms with van der Waals surface area (Å²) in [5.41, 5.74) is 7.87. The van der Waals surface area contributed by atoms with Gasteiger partial charge in [-0.1, -0.05) is 13.8 Å². The van der Waals surface area contributed by atoms with Crippen LogP contribution in [0.5, 0.6) is 0 Å². The summed E-state index contributed by atoms with van der Waals surface area (Å²) in [4.78, 5) is 16.2. The van der Waals surface area contributed by atoms with Crippen molar-refractivity contribution in [3.05, 3.63) is 24.1 Å². The standard InChI is InChI=1S/C15H21N3O2/c1-9(2)15-18-12-8-11(5-6-13(12)20-15)17-14(19)7-4-10(3)16/h5-6,8-10H,4,7,16H2,1-3H3,(H,17,19). The molecule has 0 bridgehead atoms. The van der Waals surface area contributed by atoms with Crippen LogP contribution in [0.4, 0.5) is 5.69 Å². The van der Waals surface area contributed by atoms with E-state index in [-0.39, 0.29) is 17.9 Å². The number of rotatable bonds is 5. The van der Waals surface area contributed by atoms with Gasteiger partial charge in [0.05, 0.1) is 0 Å². The smallest absolute Gasteiger partial charge is 0.224 e. The molecule has 1 unspecified atom stereocenters. The Morgan fingerprint density at radius 1 is 1.40 bits per heavy atom. The number of aromatic nitrogens is 1. The molecule has 0 radical (unpaired) electrons. The lowest BCUT2D eigenvalue weighted by Gasteiger charge is -2.06. The van der Waals surface area contributed by atoms with Crippen molar-refractivity contribution < 1.29 is 9.21 Å². The van der Waals surface area contributed by atoms with Crippen molar-refractivity contribution >= 4 is 22.7 Å². The number of carbonyl (C=O) groups excluding carboxylic acids is 1. The summed E-state index contributed by atoms with van der Waals surface area (Å²) in [5, 5.41) is 2.85. The highest BCUT2D eigenvalue weighted by atomic mass is 16.3. The molecule has 5 nitrogen and oxygen atoms in total. The molecule has 5 heteroatoms. The van der Waals surface area contributed by atoms with Gasteiger partial charge in [0.1, 0.15) is 5.52 Å². The first-order valence-corrected chi connectivity index (χ1v) is 6.91. The van der Waals surface area contributed by atoms with Crippen LogP contribution in [0.2, 0.25) is 0 Å². The van der Waals surface area contributed by atoms with Gasteiger partial charge >= 0.3 is 0 Å². The Morgan fingerprint density at radius 3 is 2.80 bits per heavy atom. The van der Waals surface area contributed by atoms with Gasteiger partial charge in [0, 0.05) is 24.1 Å². The van der Waals surface area contributed by atoms with E-state index in [0.29, 0.717) is 18.7 Å². The average molecular weight is 275 g/mol. The molecular formula is C15H21N3O2. The summed E-state index contributed by atoms with van der Waals surface area (Å²) in [7, 11) is 0. The first-order valence-electron chi connectivity index (χ1n) is 6.91. The zero-order chi connectivity index (χ0) is 14.7. The normalized spacial score (nSPS) is 12.8. The predicted molar refractivity (Wildman–Crippen MR) is 79.6 cm³/mol. The van der Waals surface area contributed by atoms with Crippen LogP contribution >= 0.6 is 0 Å². The molecule has 1 amide bonds. The molecule has 1 aromatic carbocycles. The van der Waals surface area contributed by atoms with Crippen LogP contribution in [-0.2, 0) is 4.79 Å². The lowest BCUT2D eigenvalue weighted by Crippen LogP contribution is -2.19. The number of anilines is 1. The van der Waals surface area contributed by atoms with Gasteiger partial charge in [-0.2, -0.15) is 0 Å². The van der Waals surface area contributed by atoms with Crippen molar-refractivity contribution in [2.75, 3.05) is 5.32 Å². The molecule has 108 valence electrons. The minimum absolute atomic E-state index is 0.0331. The Labute approximate surface area is 118 Å². The summed E-state index contributed by atoms with van der Waals surface area (Å²) >= 11 is 0. The van der Waals surface area contributed by atoms with E-state index >= 15 is 0 Å². The zero-order valence-corrected chi connectivity index (χ0v) is 12.1. The molecule has 0 aliphatic carbocycles. The third-order valence-electron chi connectivity index (χ3n) is 3.01. The first kappa shape index (κ1) is 14.5. The fourth-order valence-electron chi connectivity index (χ4n) is 1.85. The Bertz CT molecular complexity index is 602. The highest BCUT2D eigenvalue weighted by Gasteiger charge is 2.10.